The normalized spacial score (nSPS) is 10.7. The summed E-state index contributed by atoms with van der Waals surface area (Å²) < 4.78 is 83.4. The van der Waals surface area contributed by atoms with Crippen molar-refractivity contribution in [2.75, 3.05) is 0 Å². The van der Waals surface area contributed by atoms with Crippen LogP contribution in [0.5, 0.6) is 23.0 Å². The fourth-order valence-corrected chi connectivity index (χ4v) is 11.1. The standard InChI is InChI=1S/C22H18FN3O2.C21H17FN4O2.C21H19FN2O3.C20H16FN5O2/c23-20-7-2-1-5-18(20)14-28-19-6-3-4-16(12-19)8-9-21(27)17-10-11-26-22(13-17)24-15-25-26;22-19-9-2-1-6-16(19)13-28-17-7-3-5-15(11-17)12-23-21(27)18-8-4-10-26-20(18)24-14-25-26;1-24-11-5-9-18(21(24)26)20(25)23-13-15-6-4-8-17(12-15)27-14-16-7-2-3-10-19(16)22;21-18-9-2-1-6-15(18)13-28-16-7-3-5-14(11-16)12-22-20(27)17-8-4-10-26-19(17)23-24-25-26/h1-7,10-13,15H,8-9,14H2;1-11,14H,12-13H2,(H,23,27);2-12H,13-14H2,1H3,(H,23,25);1-11H,12-13H2,(H,22,27). The van der Waals surface area contributed by atoms with Crippen molar-refractivity contribution in [2.45, 2.75) is 58.9 Å². The van der Waals surface area contributed by atoms with Crippen LogP contribution in [0.1, 0.15) is 92.4 Å². The molecule has 7 aromatic heterocycles. The Balaban J connectivity index is 0.000000138. The van der Waals surface area contributed by atoms with Crippen LogP contribution >= 0.6 is 0 Å². The van der Waals surface area contributed by atoms with Crippen LogP contribution in [-0.2, 0) is 59.5 Å². The van der Waals surface area contributed by atoms with E-state index in [1.165, 1.54) is 52.1 Å². The van der Waals surface area contributed by atoms with Crippen LogP contribution < -0.4 is 40.5 Å². The summed E-state index contributed by atoms with van der Waals surface area (Å²) in [4.78, 5) is 69.9. The first kappa shape index (κ1) is 76.2. The zero-order valence-electron chi connectivity index (χ0n) is 59.5. The summed E-state index contributed by atoms with van der Waals surface area (Å²) in [6.45, 7) is 1.41. The Morgan fingerprint density at radius 3 is 1.29 bits per heavy atom. The highest BCUT2D eigenvalue weighted by Crippen LogP contribution is 2.23. The number of amides is 3. The number of carbonyl (C=O) groups is 4. The number of halogens is 4. The van der Waals surface area contributed by atoms with Gasteiger partial charge in [-0.2, -0.15) is 14.7 Å². The lowest BCUT2D eigenvalue weighted by atomic mass is 10.0. The molecule has 0 aliphatic carbocycles. The molecule has 0 spiro atoms. The first-order chi connectivity index (χ1) is 54.1. The predicted molar refractivity (Wildman–Crippen MR) is 403 cm³/mol. The van der Waals surface area contributed by atoms with Gasteiger partial charge in [-0.25, -0.2) is 36.6 Å². The van der Waals surface area contributed by atoms with Gasteiger partial charge in [-0.05, 0) is 160 Å². The zero-order chi connectivity index (χ0) is 77.3. The molecule has 0 fully saturated rings. The second kappa shape index (κ2) is 37.7. The molecule has 23 nitrogen and oxygen atoms in total. The van der Waals surface area contributed by atoms with Crippen LogP contribution in [0.15, 0.2) is 285 Å². The van der Waals surface area contributed by atoms with Gasteiger partial charge in [0.2, 0.25) is 0 Å². The largest absolute Gasteiger partial charge is 0.489 e. The van der Waals surface area contributed by atoms with Crippen molar-refractivity contribution in [1.82, 2.24) is 69.8 Å². The Labute approximate surface area is 632 Å². The third-order valence-corrected chi connectivity index (χ3v) is 17.0. The smallest absolute Gasteiger partial charge is 0.263 e. The summed E-state index contributed by atoms with van der Waals surface area (Å²) in [6, 6.07) is 68.7. The van der Waals surface area contributed by atoms with Crippen molar-refractivity contribution in [1.29, 1.82) is 0 Å². The number of ether oxygens (including phenoxy) is 4. The number of aryl methyl sites for hydroxylation is 2. The molecule has 0 radical (unpaired) electrons. The van der Waals surface area contributed by atoms with Gasteiger partial charge in [0, 0.05) is 85.7 Å². The SMILES string of the molecule is Cn1cccc(C(=O)NCc2cccc(OCc3ccccc3F)c2)c1=O.O=C(CCc1cccc(OCc2ccccc2F)c1)c1ccn2ncnc2c1.O=C(NCc1cccc(OCc2ccccc2F)c1)c1cccn2ncnc12.O=C(NCc1cccc(OCc2ccccc2F)c1)c1cccn2nnnc12. The van der Waals surface area contributed by atoms with Crippen molar-refractivity contribution in [3.63, 3.8) is 0 Å². The zero-order valence-corrected chi connectivity index (χ0v) is 59.5. The summed E-state index contributed by atoms with van der Waals surface area (Å²) in [6.07, 6.45) is 10.5. The molecule has 27 heteroatoms. The van der Waals surface area contributed by atoms with Crippen LogP contribution in [0.2, 0.25) is 0 Å². The number of benzene rings is 8. The molecule has 3 amide bonds. The van der Waals surface area contributed by atoms with Crippen molar-refractivity contribution in [3.05, 3.63) is 380 Å². The minimum Gasteiger partial charge on any atom is -0.489 e. The second-order valence-corrected chi connectivity index (χ2v) is 24.7. The molecule has 15 aromatic rings. The van der Waals surface area contributed by atoms with Gasteiger partial charge in [0.15, 0.2) is 22.7 Å². The maximum atomic E-state index is 13.7. The topological polar surface area (TPSA) is 267 Å². The number of fused-ring (bicyclic) bond motifs is 3. The van der Waals surface area contributed by atoms with E-state index >= 15 is 0 Å². The van der Waals surface area contributed by atoms with E-state index in [2.05, 4.69) is 51.6 Å². The van der Waals surface area contributed by atoms with E-state index in [9.17, 15) is 41.5 Å². The van der Waals surface area contributed by atoms with Gasteiger partial charge >= 0.3 is 0 Å². The second-order valence-electron chi connectivity index (χ2n) is 24.7. The summed E-state index contributed by atoms with van der Waals surface area (Å²) >= 11 is 0. The molecule has 8 aromatic carbocycles. The Hall–Kier alpha value is -14.5. The Kier molecular flexibility index (Phi) is 25.8. The highest BCUT2D eigenvalue weighted by molar-refractivity contribution is 6.00. The first-order valence-electron chi connectivity index (χ1n) is 34.7. The lowest BCUT2D eigenvalue weighted by molar-refractivity contribution is 0.0941. The summed E-state index contributed by atoms with van der Waals surface area (Å²) in [5.74, 6) is 0.314. The molecular formula is C84H70F4N14O9. The van der Waals surface area contributed by atoms with E-state index in [1.807, 2.05) is 60.7 Å². The average molecular weight is 1500 g/mol. The Morgan fingerprint density at radius 1 is 0.396 bits per heavy atom. The molecule has 0 saturated carbocycles. The van der Waals surface area contributed by atoms with Crippen molar-refractivity contribution in [2.24, 2.45) is 7.05 Å². The van der Waals surface area contributed by atoms with E-state index in [0.29, 0.717) is 105 Å². The van der Waals surface area contributed by atoms with E-state index in [4.69, 9.17) is 18.9 Å². The van der Waals surface area contributed by atoms with Crippen molar-refractivity contribution < 1.29 is 55.7 Å². The number of pyridine rings is 4. The lowest BCUT2D eigenvalue weighted by Crippen LogP contribution is -2.31. The van der Waals surface area contributed by atoms with Crippen LogP contribution in [0.3, 0.4) is 0 Å². The molecular weight excluding hydrogens is 1430 g/mol. The van der Waals surface area contributed by atoms with Crippen LogP contribution in [0.25, 0.3) is 16.9 Å². The molecule has 558 valence electrons. The number of Topliss-reactive ketones (excluding diaryl/α,β-unsaturated/α-hetero) is 1. The quantitative estimate of drug-likeness (QED) is 0.0354. The monoisotopic (exact) mass is 1490 g/mol. The molecule has 0 aliphatic heterocycles. The molecule has 0 atom stereocenters. The number of rotatable bonds is 25. The molecule has 111 heavy (non-hydrogen) atoms. The van der Waals surface area contributed by atoms with Gasteiger partial charge in [-0.15, -0.1) is 5.10 Å². The van der Waals surface area contributed by atoms with E-state index in [-0.39, 0.29) is 85.0 Å². The number of aromatic nitrogens is 11. The van der Waals surface area contributed by atoms with E-state index < -0.39 is 5.91 Å². The molecule has 0 unspecified atom stereocenters. The summed E-state index contributed by atoms with van der Waals surface area (Å²) in [5, 5.41) is 27.7. The van der Waals surface area contributed by atoms with Crippen LogP contribution in [0, 0.1) is 23.3 Å². The van der Waals surface area contributed by atoms with Gasteiger partial charge in [-0.3, -0.25) is 24.0 Å². The number of ketones is 1. The first-order valence-corrected chi connectivity index (χ1v) is 34.7. The van der Waals surface area contributed by atoms with Crippen molar-refractivity contribution in [3.8, 4) is 23.0 Å². The fraction of sp³-hybridized carbons (Fsp3) is 0.119. The summed E-state index contributed by atoms with van der Waals surface area (Å²) in [5.41, 5.74) is 8.20. The number of nitrogens with zero attached hydrogens (tertiary/aromatic N) is 11. The third kappa shape index (κ3) is 21.2. The number of hydrogen-bond acceptors (Lipinski definition) is 16. The van der Waals surface area contributed by atoms with Crippen LogP contribution in [0.4, 0.5) is 17.6 Å². The molecule has 7 heterocycles. The lowest BCUT2D eigenvalue weighted by Gasteiger charge is -2.10. The maximum absolute atomic E-state index is 13.7. The molecule has 3 N–H and O–H groups in total. The number of tetrazole rings is 1. The van der Waals surface area contributed by atoms with Crippen LogP contribution in [-0.4, -0.2) is 77.3 Å². The number of hydrogen-bond donors (Lipinski definition) is 3. The minimum absolute atomic E-state index is 0.0446. The molecule has 0 bridgehead atoms. The van der Waals surface area contributed by atoms with Gasteiger partial charge in [0.1, 0.15) is 90.9 Å². The number of carbonyl (C=O) groups excluding carboxylic acids is 4. The highest BCUT2D eigenvalue weighted by atomic mass is 19.1. The van der Waals surface area contributed by atoms with E-state index in [0.717, 1.165) is 22.3 Å². The molecule has 0 saturated heterocycles. The van der Waals surface area contributed by atoms with Gasteiger partial charge in [-0.1, -0.05) is 121 Å². The van der Waals surface area contributed by atoms with Gasteiger partial charge < -0.3 is 39.5 Å². The van der Waals surface area contributed by atoms with E-state index in [1.54, 1.807) is 193 Å². The third-order valence-electron chi connectivity index (χ3n) is 17.0. The summed E-state index contributed by atoms with van der Waals surface area (Å²) in [7, 11) is 1.59. The number of nitrogens with one attached hydrogen (secondary N) is 3. The molecule has 15 rings (SSSR count). The Morgan fingerprint density at radius 2 is 0.802 bits per heavy atom. The highest BCUT2D eigenvalue weighted by Gasteiger charge is 2.17. The van der Waals surface area contributed by atoms with Gasteiger partial charge in [0.05, 0.1) is 11.1 Å². The Bertz CT molecular complexity index is 5620. The van der Waals surface area contributed by atoms with Gasteiger partial charge in [0.25, 0.3) is 23.3 Å². The average Bonchev–Trinajstić information content (AvgIpc) is 1.54. The predicted octanol–water partition coefficient (Wildman–Crippen LogP) is 13.4. The fourth-order valence-electron chi connectivity index (χ4n) is 11.1. The van der Waals surface area contributed by atoms with Crippen molar-refractivity contribution >= 4 is 40.4 Å². The maximum Gasteiger partial charge on any atom is 0.263 e. The minimum atomic E-state index is -0.436. The molecule has 0 aliphatic rings.